The molecule has 5 heteroatoms. The summed E-state index contributed by atoms with van der Waals surface area (Å²) in [5.41, 5.74) is 7.73. The molecule has 2 N–H and O–H groups in total. The summed E-state index contributed by atoms with van der Waals surface area (Å²) in [6.07, 6.45) is 0.331. The highest BCUT2D eigenvalue weighted by Gasteiger charge is 1.70. The summed E-state index contributed by atoms with van der Waals surface area (Å²) in [7, 11) is 0. The Balaban J connectivity index is 3.07. The van der Waals surface area contributed by atoms with Gasteiger partial charge in [-0.3, -0.25) is 0 Å². The molecule has 0 aromatic carbocycles. The number of rotatable bonds is 2. The summed E-state index contributed by atoms with van der Waals surface area (Å²) in [5, 5.41) is 2.76. The lowest BCUT2D eigenvalue weighted by molar-refractivity contribution is -0.109. The second-order valence-electron chi connectivity index (χ2n) is 0.447. The van der Waals surface area contributed by atoms with Gasteiger partial charge in [0.05, 0.1) is 4.91 Å². The van der Waals surface area contributed by atoms with Crippen LogP contribution in [0.15, 0.2) is 5.22 Å². The van der Waals surface area contributed by atoms with Gasteiger partial charge in [0.2, 0.25) is 5.22 Å². The summed E-state index contributed by atoms with van der Waals surface area (Å²) >= 11 is 0. The van der Waals surface area contributed by atoms with Gasteiger partial charge < -0.3 is 0 Å². The first-order valence-corrected chi connectivity index (χ1v) is 1.17. The Labute approximate surface area is 33.6 Å². The van der Waals surface area contributed by atoms with E-state index in [0.717, 1.165) is 0 Å². The zero-order valence-electron chi connectivity index (χ0n) is 2.88. The summed E-state index contributed by atoms with van der Waals surface area (Å²) < 4.78 is 0. The highest BCUT2D eigenvalue weighted by atomic mass is 16.1. The maximum Gasteiger partial charge on any atom is 0.316 e. The molecular formula is CH3N4O+. The van der Waals surface area contributed by atoms with Crippen molar-refractivity contribution >= 4 is 6.41 Å². The molecule has 0 heterocycles. The van der Waals surface area contributed by atoms with Crippen molar-refractivity contribution in [1.82, 2.24) is 10.3 Å². The van der Waals surface area contributed by atoms with Crippen LogP contribution in [-0.2, 0) is 4.79 Å². The Bertz CT molecular complexity index is 81.5. The highest BCUT2D eigenvalue weighted by Crippen LogP contribution is 1.33. The Hall–Kier alpha value is -1.22. The van der Waals surface area contributed by atoms with E-state index in [1.807, 2.05) is 0 Å². The third-order valence-electron chi connectivity index (χ3n) is 0.160. The van der Waals surface area contributed by atoms with Crippen molar-refractivity contribution in [2.75, 3.05) is 0 Å². The molecule has 32 valence electrons. The largest absolute Gasteiger partial charge is 0.316 e. The lowest BCUT2D eigenvalue weighted by atomic mass is 11.4. The lowest BCUT2D eigenvalue weighted by Crippen LogP contribution is -1.98. The van der Waals surface area contributed by atoms with Crippen molar-refractivity contribution in [2.45, 2.75) is 0 Å². The molecule has 0 aliphatic heterocycles. The molecule has 0 spiro atoms. The topological polar surface area (TPSA) is 79.4 Å². The monoisotopic (exact) mass is 87.0 g/mol. The van der Waals surface area contributed by atoms with Crippen molar-refractivity contribution in [2.24, 2.45) is 5.22 Å². The van der Waals surface area contributed by atoms with Crippen LogP contribution in [0.25, 0.3) is 0 Å². The van der Waals surface area contributed by atoms with E-state index < -0.39 is 0 Å². The van der Waals surface area contributed by atoms with Crippen molar-refractivity contribution < 1.29 is 4.79 Å². The average Bonchev–Trinajstić information content (AvgIpc) is 1.61. The number of hydrogen-bond acceptors (Lipinski definition) is 3. The molecule has 0 bridgehead atoms. The third-order valence-corrected chi connectivity index (χ3v) is 0.160. The van der Waals surface area contributed by atoms with Crippen LogP contribution in [0.1, 0.15) is 0 Å². The van der Waals surface area contributed by atoms with Crippen LogP contribution < -0.4 is 10.3 Å². The van der Waals surface area contributed by atoms with Gasteiger partial charge in [-0.15, -0.1) is 5.43 Å². The Morgan fingerprint density at radius 2 is 2.67 bits per heavy atom. The van der Waals surface area contributed by atoms with Crippen LogP contribution in [0, 0.1) is 5.53 Å². The van der Waals surface area contributed by atoms with Crippen molar-refractivity contribution in [3.05, 3.63) is 0 Å². The minimum atomic E-state index is 0.331. The second-order valence-corrected chi connectivity index (χ2v) is 0.447. The van der Waals surface area contributed by atoms with Gasteiger partial charge in [0.25, 0.3) is 0 Å². The van der Waals surface area contributed by atoms with Gasteiger partial charge in [0.15, 0.2) is 0 Å². The smallest absolute Gasteiger partial charge is 0.249 e. The van der Waals surface area contributed by atoms with Gasteiger partial charge >= 0.3 is 6.41 Å². The molecular weight excluding hydrogens is 84.0 g/mol. The van der Waals surface area contributed by atoms with Crippen LogP contribution in [0.4, 0.5) is 0 Å². The molecule has 5 nitrogen and oxygen atoms in total. The number of carbonyl (C=O) groups is 1. The number of nitrogens with zero attached hydrogens (tertiary/aromatic N) is 2. The fraction of sp³-hybridized carbons (Fsp3) is 0. The Kier molecular flexibility index (Phi) is 3.01. The van der Waals surface area contributed by atoms with E-state index in [0.29, 0.717) is 6.41 Å². The van der Waals surface area contributed by atoms with Gasteiger partial charge in [0.1, 0.15) is 0 Å². The zero-order valence-corrected chi connectivity index (χ0v) is 2.88. The SMILES string of the molecule is N=[N+]=NNC=O. The van der Waals surface area contributed by atoms with E-state index in [1.165, 1.54) is 0 Å². The van der Waals surface area contributed by atoms with Crippen LogP contribution in [0.3, 0.4) is 0 Å². The molecule has 0 unspecified atom stereocenters. The minimum Gasteiger partial charge on any atom is -0.249 e. The minimum absolute atomic E-state index is 0.331. The highest BCUT2D eigenvalue weighted by molar-refractivity contribution is 5.44. The van der Waals surface area contributed by atoms with Crippen molar-refractivity contribution in [3.8, 4) is 0 Å². The van der Waals surface area contributed by atoms with Gasteiger partial charge in [-0.25, -0.2) is 4.79 Å². The summed E-state index contributed by atoms with van der Waals surface area (Å²) in [4.78, 5) is 11.7. The van der Waals surface area contributed by atoms with E-state index in [9.17, 15) is 4.79 Å². The predicted octanol–water partition coefficient (Wildman–Crippen LogP) is -0.802. The van der Waals surface area contributed by atoms with Gasteiger partial charge in [0, 0.05) is 0 Å². The first-order chi connectivity index (χ1) is 2.91. The molecule has 6 heavy (non-hydrogen) atoms. The molecule has 0 radical (unpaired) electrons. The van der Waals surface area contributed by atoms with Crippen LogP contribution in [0.2, 0.25) is 0 Å². The molecule has 0 rings (SSSR count). The van der Waals surface area contributed by atoms with E-state index in [2.05, 4.69) is 10.1 Å². The molecule has 0 aromatic rings. The molecule has 0 saturated heterocycles. The van der Waals surface area contributed by atoms with Gasteiger partial charge in [-0.2, -0.15) is 0 Å². The molecule has 1 amide bonds. The Morgan fingerprint density at radius 1 is 2.00 bits per heavy atom. The van der Waals surface area contributed by atoms with Crippen molar-refractivity contribution in [1.29, 1.82) is 5.53 Å². The normalized spacial score (nSPS) is 5.33. The van der Waals surface area contributed by atoms with E-state index >= 15 is 0 Å². The predicted molar refractivity (Wildman–Crippen MR) is 16.5 cm³/mol. The molecule has 0 aliphatic rings. The standard InChI is InChI=1S/CH2N4O/c2-4-5-3-1-6/h1-2H/p+1. The summed E-state index contributed by atoms with van der Waals surface area (Å²) in [6.45, 7) is 0. The van der Waals surface area contributed by atoms with Crippen LogP contribution in [0.5, 0.6) is 0 Å². The number of amides is 1. The van der Waals surface area contributed by atoms with Crippen molar-refractivity contribution in [3.63, 3.8) is 0 Å². The van der Waals surface area contributed by atoms with E-state index in [4.69, 9.17) is 5.53 Å². The molecule has 0 fully saturated rings. The van der Waals surface area contributed by atoms with Gasteiger partial charge in [-0.1, -0.05) is 0 Å². The van der Waals surface area contributed by atoms with E-state index in [-0.39, 0.29) is 0 Å². The first-order valence-electron chi connectivity index (χ1n) is 1.17. The fourth-order valence-corrected chi connectivity index (χ4v) is 0.0524. The number of hydrogen-bond donors (Lipinski definition) is 2. The second kappa shape index (κ2) is 3.78. The summed E-state index contributed by atoms with van der Waals surface area (Å²) in [5.74, 6) is 0. The summed E-state index contributed by atoms with van der Waals surface area (Å²) in [6, 6.07) is 0. The number of carbonyl (C=O) groups excluding carboxylic acids is 1. The molecule has 0 aliphatic carbocycles. The van der Waals surface area contributed by atoms with Crippen LogP contribution >= 0.6 is 0 Å². The maximum absolute atomic E-state index is 9.22. The molecule has 0 aromatic heterocycles. The van der Waals surface area contributed by atoms with E-state index in [1.54, 1.807) is 5.43 Å². The molecule has 0 atom stereocenters. The fourth-order valence-electron chi connectivity index (χ4n) is 0.0524. The third kappa shape index (κ3) is 2.78. The maximum atomic E-state index is 9.22. The Morgan fingerprint density at radius 3 is 2.83 bits per heavy atom. The lowest BCUT2D eigenvalue weighted by Gasteiger charge is -1.53. The number of nitrogens with one attached hydrogen (secondary N) is 2. The van der Waals surface area contributed by atoms with Crippen LogP contribution in [-0.4, -0.2) is 6.41 Å². The quantitative estimate of drug-likeness (QED) is 0.196. The molecule has 0 saturated carbocycles. The van der Waals surface area contributed by atoms with Gasteiger partial charge in [-0.05, 0) is 5.53 Å². The average molecular weight is 87.1 g/mol. The zero-order chi connectivity index (χ0) is 4.83. The first kappa shape index (κ1) is 4.78.